The molecule has 0 aromatic heterocycles. The van der Waals surface area contributed by atoms with Crippen molar-refractivity contribution in [2.24, 2.45) is 0 Å². The standard InChI is InChI=1S/C17H18ClNO2/c1-12(15-8-3-4-9-16(15)18)19-17(20)14-7-5-6-13(10-14)11-21-2/h3-10,12H,11H2,1-2H3,(H,19,20). The predicted molar refractivity (Wildman–Crippen MR) is 84.5 cm³/mol. The van der Waals surface area contributed by atoms with E-state index in [-0.39, 0.29) is 11.9 Å². The average molecular weight is 304 g/mol. The van der Waals surface area contributed by atoms with Crippen LogP contribution in [0, 0.1) is 0 Å². The Morgan fingerprint density at radius 2 is 2.00 bits per heavy atom. The van der Waals surface area contributed by atoms with E-state index < -0.39 is 0 Å². The molecule has 3 nitrogen and oxygen atoms in total. The molecular weight excluding hydrogens is 286 g/mol. The van der Waals surface area contributed by atoms with E-state index in [9.17, 15) is 4.79 Å². The van der Waals surface area contributed by atoms with Crippen molar-refractivity contribution in [2.75, 3.05) is 7.11 Å². The summed E-state index contributed by atoms with van der Waals surface area (Å²) in [6.07, 6.45) is 0. The molecule has 2 aromatic carbocycles. The van der Waals surface area contributed by atoms with Gasteiger partial charge in [-0.05, 0) is 36.2 Å². The Labute approximate surface area is 129 Å². The van der Waals surface area contributed by atoms with Gasteiger partial charge in [0.15, 0.2) is 0 Å². The Kier molecular flexibility index (Phi) is 5.37. The highest BCUT2D eigenvalue weighted by Gasteiger charge is 2.13. The molecular formula is C17H18ClNO2. The van der Waals surface area contributed by atoms with Crippen LogP contribution in [0.2, 0.25) is 5.02 Å². The number of carbonyl (C=O) groups is 1. The molecule has 0 bridgehead atoms. The molecule has 2 aromatic rings. The van der Waals surface area contributed by atoms with E-state index in [1.165, 1.54) is 0 Å². The first-order valence-electron chi connectivity index (χ1n) is 6.75. The minimum absolute atomic E-state index is 0.125. The van der Waals surface area contributed by atoms with Gasteiger partial charge < -0.3 is 10.1 Å². The molecule has 0 aliphatic rings. The van der Waals surface area contributed by atoms with Crippen molar-refractivity contribution < 1.29 is 9.53 Å². The highest BCUT2D eigenvalue weighted by molar-refractivity contribution is 6.31. The van der Waals surface area contributed by atoms with Crippen molar-refractivity contribution in [2.45, 2.75) is 19.6 Å². The number of hydrogen-bond acceptors (Lipinski definition) is 2. The molecule has 0 aliphatic heterocycles. The summed E-state index contributed by atoms with van der Waals surface area (Å²) in [5, 5.41) is 3.61. The van der Waals surface area contributed by atoms with E-state index >= 15 is 0 Å². The third kappa shape index (κ3) is 4.06. The van der Waals surface area contributed by atoms with Gasteiger partial charge >= 0.3 is 0 Å². The molecule has 1 atom stereocenters. The number of carbonyl (C=O) groups excluding carboxylic acids is 1. The van der Waals surface area contributed by atoms with E-state index in [1.54, 1.807) is 13.2 Å². The molecule has 0 aliphatic carbocycles. The number of halogens is 1. The largest absolute Gasteiger partial charge is 0.380 e. The van der Waals surface area contributed by atoms with Gasteiger partial charge in [-0.2, -0.15) is 0 Å². The molecule has 1 unspecified atom stereocenters. The van der Waals surface area contributed by atoms with Gasteiger partial charge in [-0.25, -0.2) is 0 Å². The summed E-state index contributed by atoms with van der Waals surface area (Å²) in [5.74, 6) is -0.125. The Bertz CT molecular complexity index is 628. The maximum absolute atomic E-state index is 12.3. The highest BCUT2D eigenvalue weighted by Crippen LogP contribution is 2.22. The van der Waals surface area contributed by atoms with Crippen molar-refractivity contribution in [1.82, 2.24) is 5.32 Å². The van der Waals surface area contributed by atoms with E-state index in [0.29, 0.717) is 17.2 Å². The summed E-state index contributed by atoms with van der Waals surface area (Å²) in [4.78, 5) is 12.3. The van der Waals surface area contributed by atoms with Crippen molar-refractivity contribution in [3.8, 4) is 0 Å². The van der Waals surface area contributed by atoms with Gasteiger partial charge in [-0.15, -0.1) is 0 Å². The van der Waals surface area contributed by atoms with Gasteiger partial charge in [0.05, 0.1) is 12.6 Å². The molecule has 0 saturated heterocycles. The number of benzene rings is 2. The fourth-order valence-electron chi connectivity index (χ4n) is 2.15. The van der Waals surface area contributed by atoms with Crippen LogP contribution in [0.15, 0.2) is 48.5 Å². The highest BCUT2D eigenvalue weighted by atomic mass is 35.5. The third-order valence-corrected chi connectivity index (χ3v) is 3.56. The van der Waals surface area contributed by atoms with E-state index in [1.807, 2.05) is 49.4 Å². The van der Waals surface area contributed by atoms with Crippen molar-refractivity contribution in [3.05, 3.63) is 70.2 Å². The minimum Gasteiger partial charge on any atom is -0.380 e. The second-order valence-electron chi connectivity index (χ2n) is 4.85. The Balaban J connectivity index is 2.11. The number of rotatable bonds is 5. The first-order valence-corrected chi connectivity index (χ1v) is 7.12. The Morgan fingerprint density at radius 1 is 1.24 bits per heavy atom. The van der Waals surface area contributed by atoms with Gasteiger partial charge in [0.2, 0.25) is 0 Å². The fourth-order valence-corrected chi connectivity index (χ4v) is 2.45. The summed E-state index contributed by atoms with van der Waals surface area (Å²) >= 11 is 6.15. The van der Waals surface area contributed by atoms with Crippen molar-refractivity contribution >= 4 is 17.5 Å². The second-order valence-corrected chi connectivity index (χ2v) is 5.26. The lowest BCUT2D eigenvalue weighted by atomic mass is 10.1. The van der Waals surface area contributed by atoms with Crippen LogP contribution in [0.5, 0.6) is 0 Å². The molecule has 21 heavy (non-hydrogen) atoms. The lowest BCUT2D eigenvalue weighted by Crippen LogP contribution is -2.26. The molecule has 0 fully saturated rings. The van der Waals surface area contributed by atoms with Crippen LogP contribution in [0.25, 0.3) is 0 Å². The molecule has 0 spiro atoms. The topological polar surface area (TPSA) is 38.3 Å². The third-order valence-electron chi connectivity index (χ3n) is 3.22. The van der Waals surface area contributed by atoms with E-state index in [0.717, 1.165) is 11.1 Å². The minimum atomic E-state index is -0.155. The summed E-state index contributed by atoms with van der Waals surface area (Å²) in [6, 6.07) is 14.7. The van der Waals surface area contributed by atoms with Crippen LogP contribution in [0.4, 0.5) is 0 Å². The normalized spacial score (nSPS) is 12.0. The maximum atomic E-state index is 12.3. The summed E-state index contributed by atoms with van der Waals surface area (Å²) in [7, 11) is 1.63. The Morgan fingerprint density at radius 3 is 2.71 bits per heavy atom. The Hall–Kier alpha value is -1.84. The molecule has 1 amide bonds. The van der Waals surface area contributed by atoms with Gasteiger partial charge in [-0.1, -0.05) is 41.9 Å². The van der Waals surface area contributed by atoms with Gasteiger partial charge in [0.1, 0.15) is 0 Å². The smallest absolute Gasteiger partial charge is 0.251 e. The van der Waals surface area contributed by atoms with Crippen molar-refractivity contribution in [1.29, 1.82) is 0 Å². The first-order chi connectivity index (χ1) is 10.1. The molecule has 110 valence electrons. The predicted octanol–water partition coefficient (Wildman–Crippen LogP) is 3.98. The molecule has 0 saturated carbocycles. The molecule has 2 rings (SSSR count). The van der Waals surface area contributed by atoms with Crippen LogP contribution in [-0.2, 0) is 11.3 Å². The van der Waals surface area contributed by atoms with E-state index in [2.05, 4.69) is 5.32 Å². The zero-order valence-corrected chi connectivity index (χ0v) is 12.9. The van der Waals surface area contributed by atoms with Crippen molar-refractivity contribution in [3.63, 3.8) is 0 Å². The van der Waals surface area contributed by atoms with Crippen LogP contribution >= 0.6 is 11.6 Å². The SMILES string of the molecule is COCc1cccc(C(=O)NC(C)c2ccccc2Cl)c1. The second kappa shape index (κ2) is 7.25. The number of amides is 1. The lowest BCUT2D eigenvalue weighted by Gasteiger charge is -2.16. The van der Waals surface area contributed by atoms with Gasteiger partial charge in [0, 0.05) is 17.7 Å². The van der Waals surface area contributed by atoms with Gasteiger partial charge in [0.25, 0.3) is 5.91 Å². The first kappa shape index (κ1) is 15.5. The zero-order chi connectivity index (χ0) is 15.2. The molecule has 1 N–H and O–H groups in total. The maximum Gasteiger partial charge on any atom is 0.251 e. The number of ether oxygens (including phenoxy) is 1. The van der Waals surface area contributed by atoms with Crippen LogP contribution < -0.4 is 5.32 Å². The summed E-state index contributed by atoms with van der Waals surface area (Å²) in [5.41, 5.74) is 2.49. The fraction of sp³-hybridized carbons (Fsp3) is 0.235. The quantitative estimate of drug-likeness (QED) is 0.907. The number of hydrogen-bond donors (Lipinski definition) is 1. The zero-order valence-electron chi connectivity index (χ0n) is 12.1. The van der Waals surface area contributed by atoms with Crippen LogP contribution in [0.3, 0.4) is 0 Å². The molecule has 0 radical (unpaired) electrons. The van der Waals surface area contributed by atoms with Gasteiger partial charge in [-0.3, -0.25) is 4.79 Å². The van der Waals surface area contributed by atoms with Crippen LogP contribution in [-0.4, -0.2) is 13.0 Å². The lowest BCUT2D eigenvalue weighted by molar-refractivity contribution is 0.0939. The number of nitrogens with one attached hydrogen (secondary N) is 1. The average Bonchev–Trinajstić information content (AvgIpc) is 2.48. The molecule has 0 heterocycles. The monoisotopic (exact) mass is 303 g/mol. The summed E-state index contributed by atoms with van der Waals surface area (Å²) in [6.45, 7) is 2.40. The van der Waals surface area contributed by atoms with Crippen LogP contribution in [0.1, 0.15) is 34.5 Å². The summed E-state index contributed by atoms with van der Waals surface area (Å²) < 4.78 is 5.08. The number of methoxy groups -OCH3 is 1. The molecule has 4 heteroatoms. The van der Waals surface area contributed by atoms with E-state index in [4.69, 9.17) is 16.3 Å².